The van der Waals surface area contributed by atoms with Gasteiger partial charge >= 0.3 is 12.1 Å². The van der Waals surface area contributed by atoms with Gasteiger partial charge < -0.3 is 24.3 Å². The van der Waals surface area contributed by atoms with Crippen LogP contribution in [0.25, 0.3) is 0 Å². The number of carbonyl (C=O) groups is 2. The Morgan fingerprint density at radius 1 is 0.622 bits per heavy atom. The average molecular weight is 632 g/mol. The number of methoxy groups -OCH3 is 2. The number of ether oxygens (including phenoxy) is 4. The molecule has 1 N–H and O–H groups in total. The highest BCUT2D eigenvalue weighted by atomic mass is 16.6. The molecule has 0 heterocycles. The summed E-state index contributed by atoms with van der Waals surface area (Å²) >= 11 is 0. The number of rotatable bonds is 15. The van der Waals surface area contributed by atoms with Gasteiger partial charge in [0.15, 0.2) is 0 Å². The lowest BCUT2D eigenvalue weighted by Gasteiger charge is -2.34. The lowest BCUT2D eigenvalue weighted by molar-refractivity contribution is -0.146. The number of alkyl carbamates (subject to hydrolysis) is 1. The summed E-state index contributed by atoms with van der Waals surface area (Å²) < 4.78 is 20.5. The standard InChI is InChI=1S/C36H61N3O6/c1-42-15-17-44-35(40)25-31-8-3-7-27(20-31)19-28-9-4-12-32(22-28)37-26-38-33-13-5-10-29(23-33)21-30-11-6-14-34(24-30)39-36(41)45-18-16-43-2/h27-34H,3-25H2,1-2H3,(H,39,41). The van der Waals surface area contributed by atoms with Crippen molar-refractivity contribution in [3.05, 3.63) is 0 Å². The third-order valence-electron chi connectivity index (χ3n) is 10.8. The smallest absolute Gasteiger partial charge is 0.407 e. The van der Waals surface area contributed by atoms with E-state index in [1.54, 1.807) is 14.2 Å². The molecule has 4 saturated carbocycles. The van der Waals surface area contributed by atoms with Gasteiger partial charge in [-0.2, -0.15) is 0 Å². The lowest BCUT2D eigenvalue weighted by atomic mass is 9.73. The Kier molecular flexibility index (Phi) is 16.2. The zero-order valence-corrected chi connectivity index (χ0v) is 28.2. The van der Waals surface area contributed by atoms with Gasteiger partial charge in [0.2, 0.25) is 0 Å². The second-order valence-corrected chi connectivity index (χ2v) is 14.5. The van der Waals surface area contributed by atoms with E-state index in [-0.39, 0.29) is 18.1 Å². The van der Waals surface area contributed by atoms with Crippen molar-refractivity contribution in [3.8, 4) is 0 Å². The van der Waals surface area contributed by atoms with Gasteiger partial charge in [0.05, 0.1) is 31.3 Å². The van der Waals surface area contributed by atoms with Gasteiger partial charge in [-0.15, -0.1) is 0 Å². The molecule has 0 aromatic carbocycles. The average Bonchev–Trinajstić information content (AvgIpc) is 3.02. The molecule has 0 aliphatic heterocycles. The van der Waals surface area contributed by atoms with Crippen molar-refractivity contribution >= 4 is 18.1 Å². The van der Waals surface area contributed by atoms with Crippen molar-refractivity contribution < 1.29 is 28.5 Å². The van der Waals surface area contributed by atoms with Crippen LogP contribution in [0.1, 0.15) is 122 Å². The zero-order valence-electron chi connectivity index (χ0n) is 28.2. The lowest BCUT2D eigenvalue weighted by Crippen LogP contribution is -2.39. The number of esters is 1. The molecule has 4 fully saturated rings. The zero-order chi connectivity index (χ0) is 31.7. The number of nitrogens with zero attached hydrogens (tertiary/aromatic N) is 2. The van der Waals surface area contributed by atoms with E-state index in [1.807, 2.05) is 0 Å². The maximum atomic E-state index is 12.2. The van der Waals surface area contributed by atoms with Crippen LogP contribution < -0.4 is 5.32 Å². The summed E-state index contributed by atoms with van der Waals surface area (Å²) in [7, 11) is 3.24. The Labute approximate surface area is 272 Å². The summed E-state index contributed by atoms with van der Waals surface area (Å²) in [6.45, 7) is 1.55. The molecule has 0 saturated heterocycles. The third-order valence-corrected chi connectivity index (χ3v) is 10.8. The molecular weight excluding hydrogens is 570 g/mol. The highest BCUT2D eigenvalue weighted by Gasteiger charge is 2.30. The Morgan fingerprint density at radius 2 is 1.13 bits per heavy atom. The van der Waals surface area contributed by atoms with Crippen LogP contribution in [0.5, 0.6) is 0 Å². The van der Waals surface area contributed by atoms with E-state index in [9.17, 15) is 9.59 Å². The first-order valence-electron chi connectivity index (χ1n) is 18.2. The van der Waals surface area contributed by atoms with Crippen LogP contribution in [0.4, 0.5) is 4.79 Å². The van der Waals surface area contributed by atoms with E-state index >= 15 is 0 Å². The molecule has 0 radical (unpaired) electrons. The van der Waals surface area contributed by atoms with Crippen LogP contribution in [0.15, 0.2) is 9.98 Å². The fraction of sp³-hybridized carbons (Fsp3) is 0.917. The molecule has 0 aromatic heterocycles. The molecule has 0 aromatic rings. The predicted octanol–water partition coefficient (Wildman–Crippen LogP) is 7.38. The van der Waals surface area contributed by atoms with E-state index in [0.29, 0.717) is 62.7 Å². The maximum absolute atomic E-state index is 12.2. The maximum Gasteiger partial charge on any atom is 0.407 e. The van der Waals surface area contributed by atoms with Crippen molar-refractivity contribution in [2.24, 2.45) is 39.6 Å². The fourth-order valence-corrected chi connectivity index (χ4v) is 8.72. The van der Waals surface area contributed by atoms with Gasteiger partial charge in [-0.3, -0.25) is 4.79 Å². The summed E-state index contributed by atoms with van der Waals surface area (Å²) in [5.41, 5.74) is 0. The van der Waals surface area contributed by atoms with E-state index in [0.717, 1.165) is 63.2 Å². The molecule has 0 spiro atoms. The number of nitrogens with one attached hydrogen (secondary N) is 1. The molecule has 1 amide bonds. The fourth-order valence-electron chi connectivity index (χ4n) is 8.72. The quantitative estimate of drug-likeness (QED) is 0.115. The Bertz CT molecular complexity index is 870. The molecule has 8 atom stereocenters. The van der Waals surface area contributed by atoms with E-state index in [1.165, 1.54) is 64.2 Å². The first-order chi connectivity index (χ1) is 22.0. The molecule has 4 aliphatic rings. The van der Waals surface area contributed by atoms with Gasteiger partial charge in [-0.05, 0) is 93.8 Å². The summed E-state index contributed by atoms with van der Waals surface area (Å²) in [5.74, 6) is 3.22. The van der Waals surface area contributed by atoms with Crippen LogP contribution >= 0.6 is 0 Å². The van der Waals surface area contributed by atoms with Crippen molar-refractivity contribution in [1.29, 1.82) is 0 Å². The number of amides is 1. The molecule has 0 bridgehead atoms. The molecular formula is C36H61N3O6. The van der Waals surface area contributed by atoms with Gasteiger partial charge in [0.25, 0.3) is 0 Å². The van der Waals surface area contributed by atoms with Crippen LogP contribution in [0.2, 0.25) is 0 Å². The summed E-state index contributed by atoms with van der Waals surface area (Å²) in [6.07, 6.45) is 21.8. The predicted molar refractivity (Wildman–Crippen MR) is 176 cm³/mol. The summed E-state index contributed by atoms with van der Waals surface area (Å²) in [5, 5.41) is 3.08. The first-order valence-corrected chi connectivity index (χ1v) is 18.2. The monoisotopic (exact) mass is 631 g/mol. The van der Waals surface area contributed by atoms with Crippen molar-refractivity contribution in [2.75, 3.05) is 40.6 Å². The molecule has 9 heteroatoms. The minimum atomic E-state index is -0.316. The van der Waals surface area contributed by atoms with E-state index in [4.69, 9.17) is 28.9 Å². The van der Waals surface area contributed by atoms with E-state index in [2.05, 4.69) is 11.3 Å². The van der Waals surface area contributed by atoms with E-state index < -0.39 is 0 Å². The topological polar surface area (TPSA) is 108 Å². The van der Waals surface area contributed by atoms with Crippen LogP contribution in [0.3, 0.4) is 0 Å². The largest absolute Gasteiger partial charge is 0.463 e. The number of carbonyl (C=O) groups excluding carboxylic acids is 2. The Hall–Kier alpha value is -1.96. The van der Waals surface area contributed by atoms with Crippen molar-refractivity contribution in [1.82, 2.24) is 5.32 Å². The second-order valence-electron chi connectivity index (χ2n) is 14.5. The van der Waals surface area contributed by atoms with Gasteiger partial charge in [0.1, 0.15) is 13.2 Å². The molecule has 45 heavy (non-hydrogen) atoms. The Morgan fingerprint density at radius 3 is 1.76 bits per heavy atom. The van der Waals surface area contributed by atoms with Crippen molar-refractivity contribution in [3.63, 3.8) is 0 Å². The third kappa shape index (κ3) is 13.7. The molecule has 8 unspecified atom stereocenters. The highest BCUT2D eigenvalue weighted by Crippen LogP contribution is 2.39. The molecule has 9 nitrogen and oxygen atoms in total. The molecule has 4 aliphatic carbocycles. The summed E-state index contributed by atoms with van der Waals surface area (Å²) in [4.78, 5) is 34.0. The summed E-state index contributed by atoms with van der Waals surface area (Å²) in [6, 6.07) is 4.12. The SMILES string of the molecule is COCCOC(=O)CC1CCCC(CC2CCCC(N=C=NC3CCCC(CC4CCCC(NC(=O)OCCOC)C4)C3)C2)C1. The molecule has 256 valence electrons. The van der Waals surface area contributed by atoms with Gasteiger partial charge in [0, 0.05) is 26.7 Å². The van der Waals surface area contributed by atoms with Crippen LogP contribution in [-0.2, 0) is 23.7 Å². The second kappa shape index (κ2) is 20.3. The van der Waals surface area contributed by atoms with Gasteiger partial charge in [-0.25, -0.2) is 14.8 Å². The van der Waals surface area contributed by atoms with Gasteiger partial charge in [-0.1, -0.05) is 51.4 Å². The highest BCUT2D eigenvalue weighted by molar-refractivity contribution is 5.69. The number of aliphatic imine (C=N–C) groups is 2. The van der Waals surface area contributed by atoms with Crippen LogP contribution in [-0.4, -0.2) is 76.8 Å². The minimum Gasteiger partial charge on any atom is -0.463 e. The van der Waals surface area contributed by atoms with Crippen molar-refractivity contribution in [2.45, 2.75) is 140 Å². The number of hydrogen-bond acceptors (Lipinski definition) is 8. The minimum absolute atomic E-state index is 0.0680. The van der Waals surface area contributed by atoms with Crippen LogP contribution in [0, 0.1) is 29.6 Å². The Balaban J connectivity index is 1.15. The number of hydrogen-bond donors (Lipinski definition) is 1. The normalized spacial score (nSPS) is 32.1. The molecule has 4 rings (SSSR count). The first kappa shape index (κ1) is 35.9.